The zero-order valence-electron chi connectivity index (χ0n) is 13.1. The number of esters is 1. The van der Waals surface area contributed by atoms with Gasteiger partial charge in [0.2, 0.25) is 0 Å². The summed E-state index contributed by atoms with van der Waals surface area (Å²) in [5, 5.41) is 4.58. The van der Waals surface area contributed by atoms with Gasteiger partial charge in [0.25, 0.3) is 5.91 Å². The van der Waals surface area contributed by atoms with Crippen molar-refractivity contribution >= 4 is 23.2 Å². The Balaban J connectivity index is 1.87. The minimum absolute atomic E-state index is 0.298. The van der Waals surface area contributed by atoms with Crippen molar-refractivity contribution in [2.75, 3.05) is 7.11 Å². The van der Waals surface area contributed by atoms with E-state index in [0.717, 1.165) is 11.3 Å². The molecule has 0 spiro atoms. The zero-order chi connectivity index (χ0) is 16.7. The Labute approximate surface area is 139 Å². The maximum absolute atomic E-state index is 12.2. The molecule has 5 nitrogen and oxygen atoms in total. The van der Waals surface area contributed by atoms with Crippen molar-refractivity contribution in [1.29, 1.82) is 0 Å². The summed E-state index contributed by atoms with van der Waals surface area (Å²) in [6.45, 7) is 2.18. The average molecular weight is 333 g/mol. The van der Waals surface area contributed by atoms with Crippen LogP contribution in [0.4, 0.5) is 0 Å². The minimum atomic E-state index is -0.789. The van der Waals surface area contributed by atoms with Crippen LogP contribution in [0.3, 0.4) is 0 Å². The van der Waals surface area contributed by atoms with Gasteiger partial charge in [-0.15, -0.1) is 11.3 Å². The third-order valence-electron chi connectivity index (χ3n) is 3.26. The van der Waals surface area contributed by atoms with Gasteiger partial charge in [-0.2, -0.15) is 0 Å². The molecule has 1 aromatic carbocycles. The Morgan fingerprint density at radius 1 is 1.22 bits per heavy atom. The van der Waals surface area contributed by atoms with Gasteiger partial charge in [-0.1, -0.05) is 25.1 Å². The maximum Gasteiger partial charge on any atom is 0.349 e. The highest BCUT2D eigenvalue weighted by molar-refractivity contribution is 7.11. The minimum Gasteiger partial charge on any atom is -0.497 e. The molecule has 122 valence electrons. The van der Waals surface area contributed by atoms with Crippen molar-refractivity contribution in [3.05, 3.63) is 52.2 Å². The first-order valence-corrected chi connectivity index (χ1v) is 8.17. The molecule has 0 unspecified atom stereocenters. The van der Waals surface area contributed by atoms with Crippen molar-refractivity contribution in [2.45, 2.75) is 26.0 Å². The summed E-state index contributed by atoms with van der Waals surface area (Å²) in [7, 11) is 1.60. The standard InChI is InChI=1S/C17H19NO4S/c1-3-14(22-17(20)15-5-4-10-23-15)16(19)18-11-12-6-8-13(21-2)9-7-12/h4-10,14H,3,11H2,1-2H3,(H,18,19)/t14-/m0/s1. The molecule has 0 aliphatic carbocycles. The van der Waals surface area contributed by atoms with E-state index in [4.69, 9.17) is 9.47 Å². The number of hydrogen-bond donors (Lipinski definition) is 1. The summed E-state index contributed by atoms with van der Waals surface area (Å²) < 4.78 is 10.4. The van der Waals surface area contributed by atoms with E-state index in [0.29, 0.717) is 17.8 Å². The fraction of sp³-hybridized carbons (Fsp3) is 0.294. The molecule has 1 heterocycles. The molecule has 0 saturated heterocycles. The molecule has 2 aromatic rings. The first-order chi connectivity index (χ1) is 11.1. The fourth-order valence-corrected chi connectivity index (χ4v) is 2.56. The normalized spacial score (nSPS) is 11.6. The van der Waals surface area contributed by atoms with Crippen molar-refractivity contribution in [3.63, 3.8) is 0 Å². The van der Waals surface area contributed by atoms with Crippen LogP contribution in [0.2, 0.25) is 0 Å². The fourth-order valence-electron chi connectivity index (χ4n) is 1.95. The number of methoxy groups -OCH3 is 1. The van der Waals surface area contributed by atoms with Crippen molar-refractivity contribution in [3.8, 4) is 5.75 Å². The van der Waals surface area contributed by atoms with E-state index in [2.05, 4.69) is 5.32 Å². The highest BCUT2D eigenvalue weighted by atomic mass is 32.1. The van der Waals surface area contributed by atoms with Crippen LogP contribution in [0.15, 0.2) is 41.8 Å². The Morgan fingerprint density at radius 3 is 2.52 bits per heavy atom. The predicted octanol–water partition coefficient (Wildman–Crippen LogP) is 3.01. The van der Waals surface area contributed by atoms with E-state index < -0.39 is 12.1 Å². The third kappa shape index (κ3) is 4.82. The Bertz CT molecular complexity index is 637. The quantitative estimate of drug-likeness (QED) is 0.791. The molecule has 1 amide bonds. The van der Waals surface area contributed by atoms with Gasteiger partial charge < -0.3 is 14.8 Å². The second-order valence-electron chi connectivity index (χ2n) is 4.85. The van der Waals surface area contributed by atoms with Crippen molar-refractivity contribution in [1.82, 2.24) is 5.32 Å². The molecule has 1 aromatic heterocycles. The molecular weight excluding hydrogens is 314 g/mol. The van der Waals surface area contributed by atoms with Gasteiger partial charge >= 0.3 is 5.97 Å². The summed E-state index contributed by atoms with van der Waals surface area (Å²) in [6.07, 6.45) is -0.367. The van der Waals surface area contributed by atoms with Crippen LogP contribution in [-0.4, -0.2) is 25.1 Å². The highest BCUT2D eigenvalue weighted by Crippen LogP contribution is 2.13. The SMILES string of the molecule is CC[C@H](OC(=O)c1cccs1)C(=O)NCc1ccc(OC)cc1. The van der Waals surface area contributed by atoms with Gasteiger partial charge in [0, 0.05) is 6.54 Å². The number of benzene rings is 1. The molecule has 0 bridgehead atoms. The Hall–Kier alpha value is -2.34. The number of rotatable bonds is 7. The summed E-state index contributed by atoms with van der Waals surface area (Å²) >= 11 is 1.29. The van der Waals surface area contributed by atoms with E-state index in [-0.39, 0.29) is 5.91 Å². The summed E-state index contributed by atoms with van der Waals surface area (Å²) in [6, 6.07) is 10.8. The lowest BCUT2D eigenvalue weighted by Crippen LogP contribution is -2.37. The van der Waals surface area contributed by atoms with Gasteiger partial charge in [-0.3, -0.25) is 4.79 Å². The molecular formula is C17H19NO4S. The van der Waals surface area contributed by atoms with E-state index in [9.17, 15) is 9.59 Å². The van der Waals surface area contributed by atoms with E-state index in [1.54, 1.807) is 31.5 Å². The molecule has 23 heavy (non-hydrogen) atoms. The molecule has 0 saturated carbocycles. The van der Waals surface area contributed by atoms with Gasteiger partial charge in [0.15, 0.2) is 6.10 Å². The lowest BCUT2D eigenvalue weighted by Gasteiger charge is -2.15. The van der Waals surface area contributed by atoms with Crippen molar-refractivity contribution < 1.29 is 19.1 Å². The molecule has 0 aliphatic rings. The summed E-state index contributed by atoms with van der Waals surface area (Å²) in [5.41, 5.74) is 0.943. The molecule has 2 rings (SSSR count). The second kappa shape index (κ2) is 8.33. The topological polar surface area (TPSA) is 64.6 Å². The number of nitrogens with one attached hydrogen (secondary N) is 1. The van der Waals surface area contributed by atoms with Crippen LogP contribution in [0, 0.1) is 0 Å². The maximum atomic E-state index is 12.2. The van der Waals surface area contributed by atoms with Crippen LogP contribution in [0.1, 0.15) is 28.6 Å². The molecule has 1 atom stereocenters. The van der Waals surface area contributed by atoms with E-state index in [1.165, 1.54) is 11.3 Å². The number of ether oxygens (including phenoxy) is 2. The number of hydrogen-bond acceptors (Lipinski definition) is 5. The lowest BCUT2D eigenvalue weighted by atomic mass is 10.2. The first-order valence-electron chi connectivity index (χ1n) is 7.29. The van der Waals surface area contributed by atoms with Crippen LogP contribution in [-0.2, 0) is 16.1 Å². The number of carbonyl (C=O) groups excluding carboxylic acids is 2. The monoisotopic (exact) mass is 333 g/mol. The van der Waals surface area contributed by atoms with Gasteiger partial charge in [-0.25, -0.2) is 4.79 Å². The summed E-state index contributed by atoms with van der Waals surface area (Å²) in [4.78, 5) is 24.6. The molecule has 6 heteroatoms. The molecule has 0 radical (unpaired) electrons. The average Bonchev–Trinajstić information content (AvgIpc) is 3.12. The molecule has 0 fully saturated rings. The molecule has 1 N–H and O–H groups in total. The smallest absolute Gasteiger partial charge is 0.349 e. The number of thiophene rings is 1. The number of carbonyl (C=O) groups is 2. The molecule has 0 aliphatic heterocycles. The van der Waals surface area contributed by atoms with E-state index in [1.807, 2.05) is 24.3 Å². The van der Waals surface area contributed by atoms with Crippen LogP contribution in [0.25, 0.3) is 0 Å². The van der Waals surface area contributed by atoms with Crippen LogP contribution < -0.4 is 10.1 Å². The second-order valence-corrected chi connectivity index (χ2v) is 5.79. The number of amides is 1. The third-order valence-corrected chi connectivity index (χ3v) is 4.11. The highest BCUT2D eigenvalue weighted by Gasteiger charge is 2.22. The van der Waals surface area contributed by atoms with Crippen LogP contribution in [0.5, 0.6) is 5.75 Å². The Morgan fingerprint density at radius 2 is 1.96 bits per heavy atom. The lowest BCUT2D eigenvalue weighted by molar-refractivity contribution is -0.130. The summed E-state index contributed by atoms with van der Waals surface area (Å²) in [5.74, 6) is -0.00365. The van der Waals surface area contributed by atoms with E-state index >= 15 is 0 Å². The largest absolute Gasteiger partial charge is 0.497 e. The zero-order valence-corrected chi connectivity index (χ0v) is 13.9. The Kier molecular flexibility index (Phi) is 6.17. The van der Waals surface area contributed by atoms with Gasteiger partial charge in [-0.05, 0) is 35.6 Å². The van der Waals surface area contributed by atoms with Crippen molar-refractivity contribution in [2.24, 2.45) is 0 Å². The predicted molar refractivity (Wildman–Crippen MR) is 88.7 cm³/mol. The van der Waals surface area contributed by atoms with Gasteiger partial charge in [0.05, 0.1) is 7.11 Å². The van der Waals surface area contributed by atoms with Crippen LogP contribution >= 0.6 is 11.3 Å². The van der Waals surface area contributed by atoms with Gasteiger partial charge in [0.1, 0.15) is 10.6 Å². The first kappa shape index (κ1) is 17.0.